The number of ketones is 2. The number of carbonyl (C=O) groups excluding carboxylic acids is 2. The molecular weight excluding hydrogens is 368 g/mol. The Labute approximate surface area is 171 Å². The van der Waals surface area contributed by atoms with Crippen molar-refractivity contribution in [2.24, 2.45) is 40.4 Å². The van der Waals surface area contributed by atoms with Gasteiger partial charge in [0.05, 0.1) is 11.8 Å². The first-order valence-corrected chi connectivity index (χ1v) is 11.1. The third-order valence-electron chi connectivity index (χ3n) is 9.24. The van der Waals surface area contributed by atoms with Crippen LogP contribution in [0.15, 0.2) is 23.2 Å². The molecule has 0 amide bonds. The summed E-state index contributed by atoms with van der Waals surface area (Å²) in [6.45, 7) is 6.74. The SMILES string of the molecule is C[C@@H]1C[C@H]2[C@@H]3CCC4=CC(=O)C5=C(O5)[C@]4(C)[C@H]3CC[C@]2(C)[C@H]1C(=O)CCC(=O)O. The Hall–Kier alpha value is -1.91. The van der Waals surface area contributed by atoms with Crippen LogP contribution in [0.25, 0.3) is 0 Å². The number of Topliss-reactive ketones (excluding diaryl/α,β-unsaturated/α-hetero) is 1. The summed E-state index contributed by atoms with van der Waals surface area (Å²) in [5.74, 6) is 2.51. The largest absolute Gasteiger partial charge is 0.481 e. The fourth-order valence-corrected chi connectivity index (χ4v) is 8.00. The highest BCUT2D eigenvalue weighted by Crippen LogP contribution is 2.70. The molecule has 1 heterocycles. The van der Waals surface area contributed by atoms with Crippen LogP contribution in [0.5, 0.6) is 0 Å². The second kappa shape index (κ2) is 6.05. The molecule has 0 saturated heterocycles. The maximum atomic E-state index is 13.0. The summed E-state index contributed by atoms with van der Waals surface area (Å²) in [6.07, 6.45) is 6.99. The minimum absolute atomic E-state index is 0.0302. The van der Waals surface area contributed by atoms with E-state index in [1.807, 2.05) is 6.08 Å². The number of aliphatic carboxylic acids is 1. The molecule has 0 aromatic carbocycles. The fourth-order valence-electron chi connectivity index (χ4n) is 8.00. The zero-order chi connectivity index (χ0) is 20.7. The van der Waals surface area contributed by atoms with Crippen LogP contribution >= 0.6 is 0 Å². The number of carboxylic acid groups (broad SMARTS) is 1. The van der Waals surface area contributed by atoms with Gasteiger partial charge in [-0.15, -0.1) is 0 Å². The lowest BCUT2D eigenvalue weighted by Crippen LogP contribution is -2.50. The smallest absolute Gasteiger partial charge is 0.303 e. The molecule has 0 spiro atoms. The quantitative estimate of drug-likeness (QED) is 0.764. The van der Waals surface area contributed by atoms with Crippen LogP contribution < -0.4 is 0 Å². The molecule has 0 unspecified atom stereocenters. The zero-order valence-electron chi connectivity index (χ0n) is 17.5. The van der Waals surface area contributed by atoms with Gasteiger partial charge in [-0.25, -0.2) is 0 Å². The van der Waals surface area contributed by atoms with Crippen LogP contribution in [0.1, 0.15) is 65.7 Å². The molecule has 3 fully saturated rings. The van der Waals surface area contributed by atoms with Gasteiger partial charge in [-0.05, 0) is 74.2 Å². The number of ether oxygens (including phenoxy) is 1. The Kier molecular flexibility index (Phi) is 3.98. The van der Waals surface area contributed by atoms with Gasteiger partial charge in [-0.2, -0.15) is 0 Å². The van der Waals surface area contributed by atoms with Crippen LogP contribution in [-0.4, -0.2) is 22.6 Å². The van der Waals surface area contributed by atoms with Gasteiger partial charge in [0.15, 0.2) is 5.76 Å². The molecule has 0 aromatic heterocycles. The molecule has 5 rings (SSSR count). The number of carbonyl (C=O) groups is 3. The van der Waals surface area contributed by atoms with Crippen LogP contribution in [0, 0.1) is 40.4 Å². The van der Waals surface area contributed by atoms with Gasteiger partial charge in [0.25, 0.3) is 0 Å². The van der Waals surface area contributed by atoms with Gasteiger partial charge < -0.3 is 9.84 Å². The van der Waals surface area contributed by atoms with E-state index < -0.39 is 5.97 Å². The van der Waals surface area contributed by atoms with E-state index in [4.69, 9.17) is 9.84 Å². The van der Waals surface area contributed by atoms with Crippen molar-refractivity contribution in [1.82, 2.24) is 0 Å². The van der Waals surface area contributed by atoms with Gasteiger partial charge in [0.1, 0.15) is 5.78 Å². The maximum Gasteiger partial charge on any atom is 0.303 e. The van der Waals surface area contributed by atoms with Crippen molar-refractivity contribution < 1.29 is 24.2 Å². The highest BCUT2D eigenvalue weighted by molar-refractivity contribution is 6.07. The second-order valence-corrected chi connectivity index (χ2v) is 10.5. The monoisotopic (exact) mass is 398 g/mol. The first-order valence-electron chi connectivity index (χ1n) is 11.1. The summed E-state index contributed by atoms with van der Waals surface area (Å²) in [4.78, 5) is 36.2. The average molecular weight is 398 g/mol. The van der Waals surface area contributed by atoms with Crippen molar-refractivity contribution >= 4 is 17.5 Å². The molecule has 7 atom stereocenters. The second-order valence-electron chi connectivity index (χ2n) is 10.5. The predicted molar refractivity (Wildman–Crippen MR) is 106 cm³/mol. The lowest BCUT2D eigenvalue weighted by Gasteiger charge is -2.56. The standard InChI is InChI=1S/C24H30O5/c1-12-10-16-14-5-4-13-11-18(26)21-22(29-21)24(13,3)15(14)8-9-23(16,2)20(12)17(25)6-7-19(27)28/h11-12,14-16,20H,4-10H2,1-3H3,(H,27,28)/t12-,14-,15+,16+,20-,23+,24+/m1/s1. The summed E-state index contributed by atoms with van der Waals surface area (Å²) < 4.78 is 5.70. The molecule has 1 N–H and O–H groups in total. The molecule has 5 heteroatoms. The molecule has 5 nitrogen and oxygen atoms in total. The number of carboxylic acids is 1. The molecule has 3 saturated carbocycles. The molecule has 156 valence electrons. The number of rotatable bonds is 4. The first-order chi connectivity index (χ1) is 13.7. The summed E-state index contributed by atoms with van der Waals surface area (Å²) >= 11 is 0. The van der Waals surface area contributed by atoms with Crippen molar-refractivity contribution in [3.05, 3.63) is 23.2 Å². The Bertz CT molecular complexity index is 882. The van der Waals surface area contributed by atoms with Gasteiger partial charge in [-0.3, -0.25) is 14.4 Å². The van der Waals surface area contributed by atoms with Crippen LogP contribution in [0.3, 0.4) is 0 Å². The van der Waals surface area contributed by atoms with E-state index >= 15 is 0 Å². The molecule has 1 aliphatic heterocycles. The topological polar surface area (TPSA) is 84.0 Å². The van der Waals surface area contributed by atoms with Crippen LogP contribution in [0.2, 0.25) is 0 Å². The first kappa shape index (κ1) is 19.1. The minimum atomic E-state index is -0.894. The van der Waals surface area contributed by atoms with Crippen LogP contribution in [0.4, 0.5) is 0 Å². The molecule has 0 bridgehead atoms. The molecule has 5 aliphatic rings. The summed E-state index contributed by atoms with van der Waals surface area (Å²) in [6, 6.07) is 0. The van der Waals surface area contributed by atoms with Crippen molar-refractivity contribution in [1.29, 1.82) is 0 Å². The predicted octanol–water partition coefficient (Wildman–Crippen LogP) is 4.28. The normalized spacial score (nSPS) is 44.7. The lowest BCUT2D eigenvalue weighted by atomic mass is 9.47. The van der Waals surface area contributed by atoms with Gasteiger partial charge in [-0.1, -0.05) is 19.4 Å². The summed E-state index contributed by atoms with van der Waals surface area (Å²) in [7, 11) is 0. The maximum absolute atomic E-state index is 13.0. The molecule has 4 aliphatic carbocycles. The van der Waals surface area contributed by atoms with Crippen molar-refractivity contribution in [3.63, 3.8) is 0 Å². The third kappa shape index (κ3) is 2.48. The third-order valence-corrected chi connectivity index (χ3v) is 9.24. The highest BCUT2D eigenvalue weighted by atomic mass is 16.6. The summed E-state index contributed by atoms with van der Waals surface area (Å²) in [5, 5.41) is 9.01. The summed E-state index contributed by atoms with van der Waals surface area (Å²) in [5.41, 5.74) is 1.05. The Morgan fingerprint density at radius 2 is 1.97 bits per heavy atom. The zero-order valence-corrected chi connectivity index (χ0v) is 17.5. The van der Waals surface area contributed by atoms with Gasteiger partial charge in [0.2, 0.25) is 11.5 Å². The fraction of sp³-hybridized carbons (Fsp3) is 0.708. The van der Waals surface area contributed by atoms with Crippen molar-refractivity contribution in [2.75, 3.05) is 0 Å². The highest BCUT2D eigenvalue weighted by Gasteiger charge is 2.65. The van der Waals surface area contributed by atoms with Crippen LogP contribution in [-0.2, 0) is 19.1 Å². The van der Waals surface area contributed by atoms with E-state index in [2.05, 4.69) is 20.8 Å². The van der Waals surface area contributed by atoms with Crippen molar-refractivity contribution in [2.45, 2.75) is 65.7 Å². The van der Waals surface area contributed by atoms with E-state index in [1.54, 1.807) is 0 Å². The molecule has 0 radical (unpaired) electrons. The Morgan fingerprint density at radius 1 is 1.21 bits per heavy atom. The number of hydrogen-bond donors (Lipinski definition) is 1. The molecule has 0 aromatic rings. The van der Waals surface area contributed by atoms with E-state index in [0.717, 1.165) is 37.9 Å². The van der Waals surface area contributed by atoms with E-state index in [9.17, 15) is 14.4 Å². The van der Waals surface area contributed by atoms with E-state index in [1.165, 1.54) is 5.57 Å². The molecular formula is C24H30O5. The van der Waals surface area contributed by atoms with Gasteiger partial charge >= 0.3 is 5.97 Å². The van der Waals surface area contributed by atoms with Gasteiger partial charge in [0, 0.05) is 12.3 Å². The average Bonchev–Trinajstić information content (AvgIpc) is 3.41. The Morgan fingerprint density at radius 3 is 2.69 bits per heavy atom. The number of fused-ring (bicyclic) bond motifs is 6. The van der Waals surface area contributed by atoms with Crippen molar-refractivity contribution in [3.8, 4) is 0 Å². The Balaban J connectivity index is 1.44. The number of hydrogen-bond acceptors (Lipinski definition) is 4. The lowest BCUT2D eigenvalue weighted by molar-refractivity contribution is -0.140. The minimum Gasteiger partial charge on any atom is -0.481 e. The number of allylic oxidation sites excluding steroid dienone is 2. The molecule has 29 heavy (non-hydrogen) atoms. The van der Waals surface area contributed by atoms with E-state index in [0.29, 0.717) is 29.4 Å². The van der Waals surface area contributed by atoms with E-state index in [-0.39, 0.29) is 41.2 Å².